The number of carbonyl (C=O) groups is 1. The highest BCUT2D eigenvalue weighted by Crippen LogP contribution is 2.33. The van der Waals surface area contributed by atoms with Gasteiger partial charge in [-0.1, -0.05) is 41.9 Å². The molecular weight excluding hydrogens is 434 g/mol. The minimum Gasteiger partial charge on any atom is -0.494 e. The second kappa shape index (κ2) is 9.67. The summed E-state index contributed by atoms with van der Waals surface area (Å²) in [5.41, 5.74) is 2.98. The Morgan fingerprint density at radius 3 is 2.52 bits per heavy atom. The number of aromatic nitrogens is 2. The zero-order valence-corrected chi connectivity index (χ0v) is 19.1. The molecule has 2 heterocycles. The Bertz CT molecular complexity index is 1240. The monoisotopic (exact) mass is 459 g/mol. The number of rotatable bonds is 8. The molecule has 0 unspecified atom stereocenters. The largest absolute Gasteiger partial charge is 0.494 e. The molecule has 3 aromatic carbocycles. The number of unbranched alkanes of at least 4 members (excludes halogenated alkanes) is 1. The summed E-state index contributed by atoms with van der Waals surface area (Å²) >= 11 is 6.03. The number of hydrogen-bond acceptors (Lipinski definition) is 3. The van der Waals surface area contributed by atoms with Crippen molar-refractivity contribution in [2.75, 3.05) is 18.1 Å². The van der Waals surface area contributed by atoms with Crippen LogP contribution in [-0.4, -0.2) is 28.6 Å². The molecule has 1 saturated heterocycles. The van der Waals surface area contributed by atoms with E-state index in [0.717, 1.165) is 47.7 Å². The number of aryl methyl sites for hydroxylation is 1. The lowest BCUT2D eigenvalue weighted by molar-refractivity contribution is -0.117. The number of ether oxygens (including phenoxy) is 1. The fourth-order valence-corrected chi connectivity index (χ4v) is 4.60. The first-order valence-corrected chi connectivity index (χ1v) is 11.8. The van der Waals surface area contributed by atoms with Crippen LogP contribution in [0.25, 0.3) is 11.0 Å². The van der Waals surface area contributed by atoms with Crippen LogP contribution in [0.15, 0.2) is 78.9 Å². The van der Waals surface area contributed by atoms with Gasteiger partial charge in [-0.3, -0.25) is 4.79 Å². The highest BCUT2D eigenvalue weighted by Gasteiger charge is 2.34. The first kappa shape index (κ1) is 21.5. The Morgan fingerprint density at radius 2 is 1.70 bits per heavy atom. The van der Waals surface area contributed by atoms with E-state index in [1.807, 2.05) is 77.7 Å². The number of benzene rings is 3. The number of halogens is 1. The number of nitrogens with zero attached hydrogens (tertiary/aromatic N) is 3. The van der Waals surface area contributed by atoms with Crippen LogP contribution >= 0.6 is 11.6 Å². The normalized spacial score (nSPS) is 16.0. The van der Waals surface area contributed by atoms with Crippen molar-refractivity contribution in [1.82, 2.24) is 9.55 Å². The standard InChI is InChI=1S/C27H26ClN3O2/c28-21-12-14-22(15-13-21)31-19-20(18-26(31)32)27-29-24-10-4-5-11-25(24)30(27)16-6-7-17-33-23-8-2-1-3-9-23/h1-5,8-15,20H,6-7,16-19H2/t20-/m1/s1. The van der Waals surface area contributed by atoms with Crippen molar-refractivity contribution in [3.8, 4) is 5.75 Å². The molecule has 1 fully saturated rings. The molecule has 0 N–H and O–H groups in total. The molecular formula is C27H26ClN3O2. The smallest absolute Gasteiger partial charge is 0.227 e. The van der Waals surface area contributed by atoms with E-state index in [9.17, 15) is 4.79 Å². The zero-order valence-electron chi connectivity index (χ0n) is 18.4. The van der Waals surface area contributed by atoms with E-state index in [-0.39, 0.29) is 11.8 Å². The summed E-state index contributed by atoms with van der Waals surface area (Å²) in [6.07, 6.45) is 2.38. The van der Waals surface area contributed by atoms with Crippen molar-refractivity contribution >= 4 is 34.2 Å². The fraction of sp³-hybridized carbons (Fsp3) is 0.259. The lowest BCUT2D eigenvalue weighted by Crippen LogP contribution is -2.24. The molecule has 33 heavy (non-hydrogen) atoms. The average Bonchev–Trinajstić information content (AvgIpc) is 3.41. The predicted molar refractivity (Wildman–Crippen MR) is 132 cm³/mol. The van der Waals surface area contributed by atoms with Crippen molar-refractivity contribution in [3.63, 3.8) is 0 Å². The third-order valence-electron chi connectivity index (χ3n) is 6.10. The van der Waals surface area contributed by atoms with Gasteiger partial charge in [0.2, 0.25) is 5.91 Å². The Morgan fingerprint density at radius 1 is 0.939 bits per heavy atom. The number of carbonyl (C=O) groups excluding carboxylic acids is 1. The summed E-state index contributed by atoms with van der Waals surface area (Å²) < 4.78 is 8.14. The van der Waals surface area contributed by atoms with Gasteiger partial charge in [0.1, 0.15) is 11.6 Å². The van der Waals surface area contributed by atoms with Gasteiger partial charge in [0.05, 0.1) is 17.6 Å². The number of hydrogen-bond donors (Lipinski definition) is 0. The van der Waals surface area contributed by atoms with Crippen LogP contribution in [0.5, 0.6) is 5.75 Å². The summed E-state index contributed by atoms with van der Waals surface area (Å²) in [7, 11) is 0. The van der Waals surface area contributed by atoms with Crippen molar-refractivity contribution < 1.29 is 9.53 Å². The molecule has 6 heteroatoms. The molecule has 0 aliphatic carbocycles. The van der Waals surface area contributed by atoms with E-state index in [2.05, 4.69) is 10.6 Å². The molecule has 0 radical (unpaired) electrons. The van der Waals surface area contributed by atoms with Crippen LogP contribution in [0.1, 0.15) is 31.0 Å². The number of amides is 1. The molecule has 5 rings (SSSR count). The number of imidazole rings is 1. The Labute approximate surface area is 198 Å². The van der Waals surface area contributed by atoms with Gasteiger partial charge in [-0.15, -0.1) is 0 Å². The number of fused-ring (bicyclic) bond motifs is 1. The van der Waals surface area contributed by atoms with E-state index in [4.69, 9.17) is 21.3 Å². The molecule has 1 aromatic heterocycles. The van der Waals surface area contributed by atoms with Gasteiger partial charge in [0, 0.05) is 36.1 Å². The molecule has 0 bridgehead atoms. The lowest BCUT2D eigenvalue weighted by Gasteiger charge is -2.17. The van der Waals surface area contributed by atoms with Gasteiger partial charge in [0.25, 0.3) is 0 Å². The average molecular weight is 460 g/mol. The first-order valence-electron chi connectivity index (χ1n) is 11.4. The second-order valence-corrected chi connectivity index (χ2v) is 8.80. The third-order valence-corrected chi connectivity index (χ3v) is 6.35. The molecule has 0 saturated carbocycles. The van der Waals surface area contributed by atoms with E-state index in [1.54, 1.807) is 0 Å². The molecule has 1 amide bonds. The van der Waals surface area contributed by atoms with Crippen LogP contribution in [0.3, 0.4) is 0 Å². The molecule has 1 atom stereocenters. The van der Waals surface area contributed by atoms with Gasteiger partial charge < -0.3 is 14.2 Å². The minimum absolute atomic E-state index is 0.0566. The van der Waals surface area contributed by atoms with Crippen molar-refractivity contribution in [2.45, 2.75) is 31.7 Å². The summed E-state index contributed by atoms with van der Waals surface area (Å²) in [5.74, 6) is 2.07. The van der Waals surface area contributed by atoms with Crippen LogP contribution < -0.4 is 9.64 Å². The molecule has 1 aliphatic heterocycles. The summed E-state index contributed by atoms with van der Waals surface area (Å²) in [5, 5.41) is 0.667. The summed E-state index contributed by atoms with van der Waals surface area (Å²) in [4.78, 5) is 19.6. The topological polar surface area (TPSA) is 47.4 Å². The molecule has 0 spiro atoms. The minimum atomic E-state index is 0.0566. The van der Waals surface area contributed by atoms with E-state index in [0.29, 0.717) is 24.6 Å². The van der Waals surface area contributed by atoms with Crippen molar-refractivity contribution in [2.24, 2.45) is 0 Å². The highest BCUT2D eigenvalue weighted by molar-refractivity contribution is 6.30. The van der Waals surface area contributed by atoms with Crippen molar-refractivity contribution in [1.29, 1.82) is 0 Å². The van der Waals surface area contributed by atoms with Crippen LogP contribution in [-0.2, 0) is 11.3 Å². The van der Waals surface area contributed by atoms with Gasteiger partial charge in [-0.25, -0.2) is 4.98 Å². The van der Waals surface area contributed by atoms with Gasteiger partial charge in [0.15, 0.2) is 0 Å². The van der Waals surface area contributed by atoms with E-state index >= 15 is 0 Å². The van der Waals surface area contributed by atoms with E-state index in [1.165, 1.54) is 0 Å². The van der Waals surface area contributed by atoms with Crippen LogP contribution in [0, 0.1) is 0 Å². The summed E-state index contributed by atoms with van der Waals surface area (Å²) in [6, 6.07) is 25.6. The van der Waals surface area contributed by atoms with Gasteiger partial charge >= 0.3 is 0 Å². The van der Waals surface area contributed by atoms with Gasteiger partial charge in [-0.05, 0) is 61.4 Å². The maximum absolute atomic E-state index is 12.8. The summed E-state index contributed by atoms with van der Waals surface area (Å²) in [6.45, 7) is 2.15. The van der Waals surface area contributed by atoms with E-state index < -0.39 is 0 Å². The zero-order chi connectivity index (χ0) is 22.6. The molecule has 4 aromatic rings. The Hall–Kier alpha value is -3.31. The Kier molecular flexibility index (Phi) is 6.31. The fourth-order valence-electron chi connectivity index (χ4n) is 4.47. The maximum atomic E-state index is 12.8. The second-order valence-electron chi connectivity index (χ2n) is 8.36. The predicted octanol–water partition coefficient (Wildman–Crippen LogP) is 6.07. The molecule has 1 aliphatic rings. The lowest BCUT2D eigenvalue weighted by atomic mass is 10.1. The molecule has 168 valence electrons. The number of para-hydroxylation sites is 3. The first-order chi connectivity index (χ1) is 16.2. The SMILES string of the molecule is O=C1C[C@@H](c2nc3ccccc3n2CCCCOc2ccccc2)CN1c1ccc(Cl)cc1. The Balaban J connectivity index is 1.30. The van der Waals surface area contributed by atoms with Crippen LogP contribution in [0.2, 0.25) is 5.02 Å². The van der Waals surface area contributed by atoms with Gasteiger partial charge in [-0.2, -0.15) is 0 Å². The maximum Gasteiger partial charge on any atom is 0.227 e. The number of anilines is 1. The van der Waals surface area contributed by atoms with Crippen LogP contribution in [0.4, 0.5) is 5.69 Å². The quantitative estimate of drug-likeness (QED) is 0.300. The highest BCUT2D eigenvalue weighted by atomic mass is 35.5. The third kappa shape index (κ3) is 4.74. The molecule has 5 nitrogen and oxygen atoms in total. The van der Waals surface area contributed by atoms with Crippen molar-refractivity contribution in [3.05, 3.63) is 89.7 Å².